The minimum absolute atomic E-state index is 0.0609. The Labute approximate surface area is 110 Å². The standard InChI is InChI=1S/C10H12ClNO5S/c1-17-10(14)9(6-13)12-18(15,16)8-4-2-7(11)3-5-8/h2-5,9,12-13H,6H2,1H3/t9-/m0/s1. The lowest BCUT2D eigenvalue weighted by molar-refractivity contribution is -0.143. The number of carbonyl (C=O) groups is 1. The Morgan fingerprint density at radius 3 is 2.44 bits per heavy atom. The van der Waals surface area contributed by atoms with Gasteiger partial charge in [-0.05, 0) is 24.3 Å². The molecular weight excluding hydrogens is 282 g/mol. The van der Waals surface area contributed by atoms with Crippen molar-refractivity contribution in [3.63, 3.8) is 0 Å². The van der Waals surface area contributed by atoms with Crippen molar-refractivity contribution in [2.75, 3.05) is 13.7 Å². The zero-order valence-electron chi connectivity index (χ0n) is 9.46. The number of hydrogen-bond acceptors (Lipinski definition) is 5. The fraction of sp³-hybridized carbons (Fsp3) is 0.300. The Morgan fingerprint density at radius 1 is 1.44 bits per heavy atom. The lowest BCUT2D eigenvalue weighted by Gasteiger charge is -2.14. The Hall–Kier alpha value is -1.15. The number of rotatable bonds is 5. The maximum absolute atomic E-state index is 11.9. The quantitative estimate of drug-likeness (QED) is 0.754. The van der Waals surface area contributed by atoms with E-state index in [1.807, 2.05) is 4.72 Å². The van der Waals surface area contributed by atoms with Gasteiger partial charge in [-0.2, -0.15) is 4.72 Å². The van der Waals surface area contributed by atoms with Crippen LogP contribution in [0.3, 0.4) is 0 Å². The molecule has 8 heteroatoms. The third kappa shape index (κ3) is 3.67. The molecule has 1 atom stereocenters. The fourth-order valence-corrected chi connectivity index (χ4v) is 2.47. The van der Waals surface area contributed by atoms with Crippen LogP contribution in [0, 0.1) is 0 Å². The normalized spacial score (nSPS) is 13.1. The molecule has 0 unspecified atom stereocenters. The second-order valence-electron chi connectivity index (χ2n) is 3.33. The third-order valence-corrected chi connectivity index (χ3v) is 3.83. The number of sulfonamides is 1. The number of aliphatic hydroxyl groups excluding tert-OH is 1. The summed E-state index contributed by atoms with van der Waals surface area (Å²) < 4.78 is 30.1. The smallest absolute Gasteiger partial charge is 0.326 e. The summed E-state index contributed by atoms with van der Waals surface area (Å²) in [5, 5.41) is 9.32. The first-order chi connectivity index (χ1) is 8.40. The van der Waals surface area contributed by atoms with Crippen molar-refractivity contribution < 1.29 is 23.1 Å². The van der Waals surface area contributed by atoms with Crippen molar-refractivity contribution in [1.82, 2.24) is 4.72 Å². The molecule has 0 saturated heterocycles. The molecule has 1 aromatic rings. The van der Waals surface area contributed by atoms with E-state index in [1.165, 1.54) is 24.3 Å². The molecule has 0 saturated carbocycles. The van der Waals surface area contributed by atoms with E-state index in [2.05, 4.69) is 4.74 Å². The van der Waals surface area contributed by atoms with Gasteiger partial charge in [0.25, 0.3) is 0 Å². The molecule has 1 rings (SSSR count). The van der Waals surface area contributed by atoms with Crippen LogP contribution in [0.25, 0.3) is 0 Å². The number of esters is 1. The number of hydrogen-bond donors (Lipinski definition) is 2. The summed E-state index contributed by atoms with van der Waals surface area (Å²) in [7, 11) is -2.81. The van der Waals surface area contributed by atoms with Crippen molar-refractivity contribution >= 4 is 27.6 Å². The summed E-state index contributed by atoms with van der Waals surface area (Å²) in [6.07, 6.45) is 0. The van der Waals surface area contributed by atoms with Gasteiger partial charge in [-0.25, -0.2) is 8.42 Å². The highest BCUT2D eigenvalue weighted by Gasteiger charge is 2.25. The lowest BCUT2D eigenvalue weighted by atomic mass is 10.3. The van der Waals surface area contributed by atoms with Gasteiger partial charge in [-0.15, -0.1) is 0 Å². The van der Waals surface area contributed by atoms with Crippen molar-refractivity contribution in [1.29, 1.82) is 0 Å². The molecule has 2 N–H and O–H groups in total. The van der Waals surface area contributed by atoms with Gasteiger partial charge in [0.15, 0.2) is 0 Å². The van der Waals surface area contributed by atoms with E-state index in [4.69, 9.17) is 16.7 Å². The Balaban J connectivity index is 2.94. The molecule has 0 aliphatic rings. The molecule has 0 radical (unpaired) electrons. The van der Waals surface area contributed by atoms with Crippen LogP contribution in [0.2, 0.25) is 5.02 Å². The molecule has 0 amide bonds. The molecule has 0 spiro atoms. The number of nitrogens with one attached hydrogen (secondary N) is 1. The summed E-state index contributed by atoms with van der Waals surface area (Å²) in [6.45, 7) is -0.695. The third-order valence-electron chi connectivity index (χ3n) is 2.09. The molecule has 0 fully saturated rings. The van der Waals surface area contributed by atoms with E-state index in [0.717, 1.165) is 7.11 Å². The topological polar surface area (TPSA) is 92.7 Å². The van der Waals surface area contributed by atoms with Crippen molar-refractivity contribution in [3.05, 3.63) is 29.3 Å². The largest absolute Gasteiger partial charge is 0.468 e. The Bertz CT molecular complexity index is 514. The van der Waals surface area contributed by atoms with Gasteiger partial charge < -0.3 is 9.84 Å². The number of methoxy groups -OCH3 is 1. The maximum Gasteiger partial charge on any atom is 0.326 e. The molecule has 100 valence electrons. The SMILES string of the molecule is COC(=O)[C@H](CO)NS(=O)(=O)c1ccc(Cl)cc1. The number of ether oxygens (including phenoxy) is 1. The van der Waals surface area contributed by atoms with Crippen molar-refractivity contribution in [3.8, 4) is 0 Å². The first-order valence-corrected chi connectivity index (χ1v) is 6.73. The highest BCUT2D eigenvalue weighted by atomic mass is 35.5. The van der Waals surface area contributed by atoms with Crippen molar-refractivity contribution in [2.24, 2.45) is 0 Å². The predicted molar refractivity (Wildman–Crippen MR) is 64.7 cm³/mol. The van der Waals surface area contributed by atoms with Gasteiger partial charge in [0.1, 0.15) is 6.04 Å². The van der Waals surface area contributed by atoms with Gasteiger partial charge in [-0.1, -0.05) is 11.6 Å². The van der Waals surface area contributed by atoms with Crippen LogP contribution in [-0.2, 0) is 19.6 Å². The average Bonchev–Trinajstić information content (AvgIpc) is 2.35. The van der Waals surface area contributed by atoms with Crippen LogP contribution in [0.5, 0.6) is 0 Å². The van der Waals surface area contributed by atoms with Crippen LogP contribution in [0.1, 0.15) is 0 Å². The number of halogens is 1. The van der Waals surface area contributed by atoms with Crippen LogP contribution in [0.15, 0.2) is 29.2 Å². The molecule has 0 aliphatic carbocycles. The van der Waals surface area contributed by atoms with E-state index in [1.54, 1.807) is 0 Å². The summed E-state index contributed by atoms with van der Waals surface area (Å²) in [4.78, 5) is 11.1. The van der Waals surface area contributed by atoms with Gasteiger partial charge in [-0.3, -0.25) is 4.79 Å². The van der Waals surface area contributed by atoms with Gasteiger partial charge in [0.2, 0.25) is 10.0 Å². The molecule has 18 heavy (non-hydrogen) atoms. The minimum atomic E-state index is -3.91. The van der Waals surface area contributed by atoms with Crippen molar-refractivity contribution in [2.45, 2.75) is 10.9 Å². The molecule has 0 bridgehead atoms. The first kappa shape index (κ1) is 14.9. The number of carbonyl (C=O) groups excluding carboxylic acids is 1. The Kier molecular flexibility index (Phi) is 5.09. The summed E-state index contributed by atoms with van der Waals surface area (Å²) >= 11 is 5.64. The van der Waals surface area contributed by atoms with Crippen LogP contribution >= 0.6 is 11.6 Å². The van der Waals surface area contributed by atoms with Crippen LogP contribution in [-0.4, -0.2) is 39.3 Å². The average molecular weight is 294 g/mol. The highest BCUT2D eigenvalue weighted by Crippen LogP contribution is 2.14. The van der Waals surface area contributed by atoms with E-state index >= 15 is 0 Å². The second kappa shape index (κ2) is 6.14. The number of benzene rings is 1. The van der Waals surface area contributed by atoms with Gasteiger partial charge in [0.05, 0.1) is 18.6 Å². The molecule has 0 heterocycles. The first-order valence-electron chi connectivity index (χ1n) is 4.87. The minimum Gasteiger partial charge on any atom is -0.468 e. The van der Waals surface area contributed by atoms with E-state index in [-0.39, 0.29) is 4.90 Å². The number of aliphatic hydroxyl groups is 1. The van der Waals surface area contributed by atoms with E-state index in [0.29, 0.717) is 5.02 Å². The van der Waals surface area contributed by atoms with E-state index in [9.17, 15) is 13.2 Å². The van der Waals surface area contributed by atoms with E-state index < -0.39 is 28.6 Å². The molecular formula is C10H12ClNO5S. The van der Waals surface area contributed by atoms with Gasteiger partial charge in [0, 0.05) is 5.02 Å². The zero-order valence-corrected chi connectivity index (χ0v) is 11.0. The van der Waals surface area contributed by atoms with Crippen LogP contribution in [0.4, 0.5) is 0 Å². The fourth-order valence-electron chi connectivity index (χ4n) is 1.17. The highest BCUT2D eigenvalue weighted by molar-refractivity contribution is 7.89. The van der Waals surface area contributed by atoms with Gasteiger partial charge >= 0.3 is 5.97 Å². The monoisotopic (exact) mass is 293 g/mol. The molecule has 1 aromatic carbocycles. The Morgan fingerprint density at radius 2 is 2.00 bits per heavy atom. The lowest BCUT2D eigenvalue weighted by Crippen LogP contribution is -2.43. The summed E-state index contributed by atoms with van der Waals surface area (Å²) in [5.41, 5.74) is 0. The molecule has 6 nitrogen and oxygen atoms in total. The molecule has 0 aliphatic heterocycles. The molecule has 0 aromatic heterocycles. The summed E-state index contributed by atoms with van der Waals surface area (Å²) in [5.74, 6) is -0.866. The summed E-state index contributed by atoms with van der Waals surface area (Å²) in [6, 6.07) is 4.05. The maximum atomic E-state index is 11.9. The predicted octanol–water partition coefficient (Wildman–Crippen LogP) is 0.152. The zero-order chi connectivity index (χ0) is 13.8. The second-order valence-corrected chi connectivity index (χ2v) is 5.48. The van der Waals surface area contributed by atoms with Crippen LogP contribution < -0.4 is 4.72 Å².